The number of aliphatic carboxylic acids is 1. The Hall–Kier alpha value is -1.51. The fraction of sp³-hybridized carbons (Fsp3) is 0.417. The molecule has 1 aliphatic carbocycles. The summed E-state index contributed by atoms with van der Waals surface area (Å²) in [6.07, 6.45) is 1.87. The van der Waals surface area contributed by atoms with Crippen LogP contribution >= 0.6 is 0 Å². The van der Waals surface area contributed by atoms with E-state index in [9.17, 15) is 4.79 Å². The third-order valence-electron chi connectivity index (χ3n) is 3.28. The van der Waals surface area contributed by atoms with Gasteiger partial charge in [-0.3, -0.25) is 4.79 Å². The van der Waals surface area contributed by atoms with E-state index in [0.29, 0.717) is 0 Å². The second-order valence-corrected chi connectivity index (χ2v) is 4.23. The molecule has 0 heterocycles. The number of nitrogen functional groups attached to an aromatic ring is 1. The van der Waals surface area contributed by atoms with Gasteiger partial charge in [-0.25, -0.2) is 0 Å². The number of rotatable bonds is 2. The number of carbonyl (C=O) groups is 1. The molecule has 80 valence electrons. The van der Waals surface area contributed by atoms with Crippen LogP contribution in [0.1, 0.15) is 30.4 Å². The standard InChI is InChI=1S/C12H15NO2/c1-7(12(14)15)10-4-2-8-6-9(13)3-5-11(8)10/h3,5-7,10H,2,4,13H2,1H3,(H,14,15). The van der Waals surface area contributed by atoms with E-state index in [1.165, 1.54) is 11.1 Å². The summed E-state index contributed by atoms with van der Waals surface area (Å²) in [6.45, 7) is 1.78. The van der Waals surface area contributed by atoms with Crippen molar-refractivity contribution in [3.8, 4) is 0 Å². The van der Waals surface area contributed by atoms with Crippen LogP contribution in [0.5, 0.6) is 0 Å². The summed E-state index contributed by atoms with van der Waals surface area (Å²) in [4.78, 5) is 10.9. The summed E-state index contributed by atoms with van der Waals surface area (Å²) in [5.74, 6) is -0.877. The first kappa shape index (κ1) is 10.0. The van der Waals surface area contributed by atoms with E-state index >= 15 is 0 Å². The Balaban J connectivity index is 2.32. The fourth-order valence-electron chi connectivity index (χ4n) is 2.36. The first-order valence-corrected chi connectivity index (χ1v) is 5.20. The second-order valence-electron chi connectivity index (χ2n) is 4.23. The van der Waals surface area contributed by atoms with Gasteiger partial charge in [0.15, 0.2) is 0 Å². The van der Waals surface area contributed by atoms with Gasteiger partial charge < -0.3 is 10.8 Å². The first-order chi connectivity index (χ1) is 7.09. The van der Waals surface area contributed by atoms with Crippen molar-refractivity contribution < 1.29 is 9.90 Å². The summed E-state index contributed by atoms with van der Waals surface area (Å²) >= 11 is 0. The van der Waals surface area contributed by atoms with Crippen molar-refractivity contribution in [3.63, 3.8) is 0 Å². The highest BCUT2D eigenvalue weighted by Gasteiger charge is 2.30. The van der Waals surface area contributed by atoms with Gasteiger partial charge in [0.2, 0.25) is 0 Å². The molecule has 0 saturated carbocycles. The van der Waals surface area contributed by atoms with Crippen molar-refractivity contribution in [1.82, 2.24) is 0 Å². The lowest BCUT2D eigenvalue weighted by Gasteiger charge is -2.16. The highest BCUT2D eigenvalue weighted by molar-refractivity contribution is 5.71. The average Bonchev–Trinajstić information content (AvgIpc) is 2.59. The Bertz CT molecular complexity index is 401. The average molecular weight is 205 g/mol. The van der Waals surface area contributed by atoms with E-state index < -0.39 is 5.97 Å². The minimum Gasteiger partial charge on any atom is -0.481 e. The highest BCUT2D eigenvalue weighted by Crippen LogP contribution is 2.39. The molecule has 3 N–H and O–H groups in total. The predicted molar refractivity (Wildman–Crippen MR) is 58.7 cm³/mol. The molecule has 3 heteroatoms. The molecule has 0 spiro atoms. The fourth-order valence-corrected chi connectivity index (χ4v) is 2.36. The summed E-state index contributed by atoms with van der Waals surface area (Å²) in [6, 6.07) is 5.79. The summed E-state index contributed by atoms with van der Waals surface area (Å²) in [7, 11) is 0. The summed E-state index contributed by atoms with van der Waals surface area (Å²) < 4.78 is 0. The SMILES string of the molecule is CC(C(=O)O)C1CCc2cc(N)ccc21. The van der Waals surface area contributed by atoms with Crippen LogP contribution in [0.3, 0.4) is 0 Å². The van der Waals surface area contributed by atoms with Crippen molar-refractivity contribution in [2.75, 3.05) is 5.73 Å². The molecule has 0 amide bonds. The molecule has 1 aromatic rings. The maximum Gasteiger partial charge on any atom is 0.306 e. The molecule has 2 rings (SSSR count). The maximum atomic E-state index is 10.9. The van der Waals surface area contributed by atoms with Gasteiger partial charge >= 0.3 is 5.97 Å². The third kappa shape index (κ3) is 1.69. The van der Waals surface area contributed by atoms with Crippen molar-refractivity contribution in [1.29, 1.82) is 0 Å². The van der Waals surface area contributed by atoms with Crippen LogP contribution in [-0.2, 0) is 11.2 Å². The van der Waals surface area contributed by atoms with Crippen molar-refractivity contribution in [2.45, 2.75) is 25.7 Å². The Morgan fingerprint density at radius 2 is 2.33 bits per heavy atom. The van der Waals surface area contributed by atoms with Crippen molar-refractivity contribution in [3.05, 3.63) is 29.3 Å². The lowest BCUT2D eigenvalue weighted by molar-refractivity contribution is -0.141. The highest BCUT2D eigenvalue weighted by atomic mass is 16.4. The van der Waals surface area contributed by atoms with Crippen LogP contribution in [-0.4, -0.2) is 11.1 Å². The van der Waals surface area contributed by atoms with E-state index in [2.05, 4.69) is 0 Å². The quantitative estimate of drug-likeness (QED) is 0.726. The largest absolute Gasteiger partial charge is 0.481 e. The molecule has 0 saturated heterocycles. The topological polar surface area (TPSA) is 63.3 Å². The van der Waals surface area contributed by atoms with Gasteiger partial charge in [-0.1, -0.05) is 13.0 Å². The molecule has 0 fully saturated rings. The zero-order valence-electron chi connectivity index (χ0n) is 8.73. The van der Waals surface area contributed by atoms with Gasteiger partial charge in [-0.05, 0) is 42.0 Å². The normalized spacial score (nSPS) is 21.0. The van der Waals surface area contributed by atoms with E-state index in [0.717, 1.165) is 18.5 Å². The third-order valence-corrected chi connectivity index (χ3v) is 3.28. The zero-order chi connectivity index (χ0) is 11.0. The number of benzene rings is 1. The molecule has 0 radical (unpaired) electrons. The Morgan fingerprint density at radius 3 is 3.00 bits per heavy atom. The van der Waals surface area contributed by atoms with Crippen LogP contribution in [0, 0.1) is 5.92 Å². The van der Waals surface area contributed by atoms with Crippen LogP contribution in [0.4, 0.5) is 5.69 Å². The smallest absolute Gasteiger partial charge is 0.306 e. The van der Waals surface area contributed by atoms with Crippen LogP contribution < -0.4 is 5.73 Å². The maximum absolute atomic E-state index is 10.9. The number of carboxylic acids is 1. The molecule has 2 unspecified atom stereocenters. The number of nitrogens with two attached hydrogens (primary N) is 1. The number of carboxylic acid groups (broad SMARTS) is 1. The van der Waals surface area contributed by atoms with E-state index in [-0.39, 0.29) is 11.8 Å². The van der Waals surface area contributed by atoms with Gasteiger partial charge in [0.05, 0.1) is 5.92 Å². The van der Waals surface area contributed by atoms with Gasteiger partial charge in [0, 0.05) is 5.69 Å². The molecule has 3 nitrogen and oxygen atoms in total. The Morgan fingerprint density at radius 1 is 1.60 bits per heavy atom. The van der Waals surface area contributed by atoms with Gasteiger partial charge in [0.25, 0.3) is 0 Å². The lowest BCUT2D eigenvalue weighted by Crippen LogP contribution is -2.17. The molecule has 1 aromatic carbocycles. The van der Waals surface area contributed by atoms with E-state index in [4.69, 9.17) is 10.8 Å². The molecule has 0 aromatic heterocycles. The molecule has 0 aliphatic heterocycles. The summed E-state index contributed by atoms with van der Waals surface area (Å²) in [5, 5.41) is 9.00. The van der Waals surface area contributed by atoms with Gasteiger partial charge in [0.1, 0.15) is 0 Å². The number of hydrogen-bond acceptors (Lipinski definition) is 2. The Labute approximate surface area is 88.9 Å². The molecular formula is C12H15NO2. The van der Waals surface area contributed by atoms with E-state index in [1.807, 2.05) is 18.2 Å². The van der Waals surface area contributed by atoms with Crippen molar-refractivity contribution in [2.24, 2.45) is 5.92 Å². The minimum absolute atomic E-state index is 0.151. The predicted octanol–water partition coefficient (Wildman–Crippen LogP) is 2.02. The van der Waals surface area contributed by atoms with Crippen LogP contribution in [0.2, 0.25) is 0 Å². The molecule has 0 bridgehead atoms. The summed E-state index contributed by atoms with van der Waals surface area (Å²) in [5.41, 5.74) is 8.84. The number of hydrogen-bond donors (Lipinski definition) is 2. The zero-order valence-corrected chi connectivity index (χ0v) is 8.73. The monoisotopic (exact) mass is 205 g/mol. The second kappa shape index (κ2) is 3.57. The first-order valence-electron chi connectivity index (χ1n) is 5.20. The number of fused-ring (bicyclic) bond motifs is 1. The molecule has 1 aliphatic rings. The van der Waals surface area contributed by atoms with Gasteiger partial charge in [-0.15, -0.1) is 0 Å². The van der Waals surface area contributed by atoms with Crippen LogP contribution in [0.15, 0.2) is 18.2 Å². The lowest BCUT2D eigenvalue weighted by atomic mass is 9.89. The molecule has 15 heavy (non-hydrogen) atoms. The van der Waals surface area contributed by atoms with Crippen LogP contribution in [0.25, 0.3) is 0 Å². The van der Waals surface area contributed by atoms with Crippen molar-refractivity contribution >= 4 is 11.7 Å². The molecular weight excluding hydrogens is 190 g/mol. The number of aryl methyl sites for hydroxylation is 1. The minimum atomic E-state index is -0.718. The number of anilines is 1. The van der Waals surface area contributed by atoms with Gasteiger partial charge in [-0.2, -0.15) is 0 Å². The molecule has 2 atom stereocenters. The Kier molecular flexibility index (Phi) is 2.39. The van der Waals surface area contributed by atoms with E-state index in [1.54, 1.807) is 6.92 Å².